The van der Waals surface area contributed by atoms with E-state index in [1.165, 1.54) is 6.20 Å². The molecule has 0 atom stereocenters. The number of ketones is 1. The van der Waals surface area contributed by atoms with Gasteiger partial charge in [0.2, 0.25) is 11.3 Å². The zero-order valence-corrected chi connectivity index (χ0v) is 18.3. The summed E-state index contributed by atoms with van der Waals surface area (Å²) < 4.78 is 1.67. The van der Waals surface area contributed by atoms with Crippen LogP contribution in [0.4, 0.5) is 5.69 Å². The van der Waals surface area contributed by atoms with E-state index in [9.17, 15) is 14.4 Å². The highest BCUT2D eigenvalue weighted by Gasteiger charge is 2.18. The summed E-state index contributed by atoms with van der Waals surface area (Å²) in [5, 5.41) is 3.34. The molecule has 0 saturated carbocycles. The molecule has 4 aromatic rings. The second-order valence-electron chi connectivity index (χ2n) is 8.08. The van der Waals surface area contributed by atoms with Gasteiger partial charge in [-0.1, -0.05) is 59.7 Å². The number of carbonyl (C=O) groups is 2. The molecule has 0 aliphatic carbocycles. The average Bonchev–Trinajstić information content (AvgIpc) is 2.77. The molecule has 0 radical (unpaired) electrons. The number of rotatable bonds is 5. The molecule has 1 aromatic heterocycles. The van der Waals surface area contributed by atoms with Gasteiger partial charge in [-0.15, -0.1) is 0 Å². The van der Waals surface area contributed by atoms with E-state index in [1.807, 2.05) is 69.3 Å². The minimum atomic E-state index is -0.355. The molecule has 1 N–H and O–H groups in total. The van der Waals surface area contributed by atoms with Gasteiger partial charge in [0.1, 0.15) is 6.54 Å². The molecule has 0 fully saturated rings. The number of benzene rings is 3. The highest BCUT2D eigenvalue weighted by Crippen LogP contribution is 2.18. The van der Waals surface area contributed by atoms with Crippen LogP contribution in [0.25, 0.3) is 10.9 Å². The Labute approximate surface area is 186 Å². The van der Waals surface area contributed by atoms with Crippen LogP contribution in [0.2, 0.25) is 0 Å². The number of nitrogens with one attached hydrogen (secondary N) is 1. The van der Waals surface area contributed by atoms with Crippen molar-refractivity contribution in [2.45, 2.75) is 27.3 Å². The van der Waals surface area contributed by atoms with E-state index in [-0.39, 0.29) is 29.2 Å². The maximum atomic E-state index is 13.2. The third kappa shape index (κ3) is 4.23. The van der Waals surface area contributed by atoms with Gasteiger partial charge in [-0.05, 0) is 44.5 Å². The molecule has 0 saturated heterocycles. The number of hydrogen-bond donors (Lipinski definition) is 1. The normalized spacial score (nSPS) is 10.8. The maximum absolute atomic E-state index is 13.2. The number of nitrogens with zero attached hydrogens (tertiary/aromatic N) is 1. The number of fused-ring (bicyclic) bond motifs is 1. The van der Waals surface area contributed by atoms with Gasteiger partial charge in [-0.3, -0.25) is 14.4 Å². The zero-order chi connectivity index (χ0) is 22.8. The summed E-state index contributed by atoms with van der Waals surface area (Å²) in [7, 11) is 0. The second-order valence-corrected chi connectivity index (χ2v) is 8.08. The van der Waals surface area contributed by atoms with Crippen LogP contribution in [0.5, 0.6) is 0 Å². The third-order valence-corrected chi connectivity index (χ3v) is 5.53. The molecule has 32 heavy (non-hydrogen) atoms. The Kier molecular flexibility index (Phi) is 5.73. The number of pyridine rings is 1. The Balaban J connectivity index is 1.77. The van der Waals surface area contributed by atoms with E-state index in [2.05, 4.69) is 5.32 Å². The zero-order valence-electron chi connectivity index (χ0n) is 18.3. The largest absolute Gasteiger partial charge is 0.337 e. The number of anilines is 1. The Morgan fingerprint density at radius 3 is 2.28 bits per heavy atom. The fourth-order valence-electron chi connectivity index (χ4n) is 3.72. The van der Waals surface area contributed by atoms with Gasteiger partial charge in [0.05, 0.1) is 11.1 Å². The van der Waals surface area contributed by atoms with Crippen LogP contribution in [-0.2, 0) is 11.3 Å². The molecule has 0 aliphatic heterocycles. The summed E-state index contributed by atoms with van der Waals surface area (Å²) in [4.78, 5) is 39.2. The standard InChI is InChI=1S/C27H24N2O3/c1-17-8-11-20(12-9-17)26(31)22-15-29(24-13-10-18(2)14-21(24)27(22)32)16-25(30)28-23-7-5-4-6-19(23)3/h4-15H,16H2,1-3H3,(H,28,30). The monoisotopic (exact) mass is 424 g/mol. The molecule has 4 rings (SSSR count). The Morgan fingerprint density at radius 1 is 0.875 bits per heavy atom. The summed E-state index contributed by atoms with van der Waals surface area (Å²) in [6, 6.07) is 20.1. The van der Waals surface area contributed by atoms with Crippen molar-refractivity contribution in [2.24, 2.45) is 0 Å². The van der Waals surface area contributed by atoms with Gasteiger partial charge < -0.3 is 9.88 Å². The lowest BCUT2D eigenvalue weighted by molar-refractivity contribution is -0.116. The Hall–Kier alpha value is -3.99. The van der Waals surface area contributed by atoms with Crippen molar-refractivity contribution in [3.05, 3.63) is 111 Å². The van der Waals surface area contributed by atoms with Crippen molar-refractivity contribution in [1.82, 2.24) is 4.57 Å². The predicted molar refractivity (Wildman–Crippen MR) is 127 cm³/mol. The van der Waals surface area contributed by atoms with E-state index >= 15 is 0 Å². The van der Waals surface area contributed by atoms with Gasteiger partial charge in [0.25, 0.3) is 0 Å². The highest BCUT2D eigenvalue weighted by molar-refractivity contribution is 6.10. The second kappa shape index (κ2) is 8.63. The Morgan fingerprint density at radius 2 is 1.56 bits per heavy atom. The molecule has 5 heteroatoms. The first-order valence-corrected chi connectivity index (χ1v) is 10.4. The van der Waals surface area contributed by atoms with Crippen LogP contribution in [-0.4, -0.2) is 16.3 Å². The summed E-state index contributed by atoms with van der Waals surface area (Å²) >= 11 is 0. The van der Waals surface area contributed by atoms with Gasteiger partial charge in [-0.25, -0.2) is 0 Å². The van der Waals surface area contributed by atoms with Crippen molar-refractivity contribution in [3.63, 3.8) is 0 Å². The van der Waals surface area contributed by atoms with E-state index < -0.39 is 0 Å². The minimum Gasteiger partial charge on any atom is -0.337 e. The quantitative estimate of drug-likeness (QED) is 0.468. The van der Waals surface area contributed by atoms with Crippen molar-refractivity contribution in [3.8, 4) is 0 Å². The first kappa shape index (κ1) is 21.2. The van der Waals surface area contributed by atoms with Crippen molar-refractivity contribution in [1.29, 1.82) is 0 Å². The van der Waals surface area contributed by atoms with E-state index in [4.69, 9.17) is 0 Å². The lowest BCUT2D eigenvalue weighted by atomic mass is 10.0. The molecular formula is C27H24N2O3. The topological polar surface area (TPSA) is 68.2 Å². The number of carbonyl (C=O) groups excluding carboxylic acids is 2. The fourth-order valence-corrected chi connectivity index (χ4v) is 3.72. The molecule has 0 aliphatic rings. The van der Waals surface area contributed by atoms with Crippen LogP contribution in [0.1, 0.15) is 32.6 Å². The molecule has 1 amide bonds. The SMILES string of the molecule is Cc1ccc(C(=O)c2cn(CC(=O)Nc3ccccc3C)c3ccc(C)cc3c2=O)cc1. The first-order valence-electron chi connectivity index (χ1n) is 10.4. The first-order chi connectivity index (χ1) is 15.3. The highest BCUT2D eigenvalue weighted by atomic mass is 16.2. The number of amides is 1. The average molecular weight is 425 g/mol. The Bertz CT molecular complexity index is 1400. The van der Waals surface area contributed by atoms with Gasteiger partial charge in [0.15, 0.2) is 5.78 Å². The van der Waals surface area contributed by atoms with E-state index in [0.29, 0.717) is 16.5 Å². The van der Waals surface area contributed by atoms with Crippen LogP contribution in [0.15, 0.2) is 77.7 Å². The van der Waals surface area contributed by atoms with Gasteiger partial charge in [-0.2, -0.15) is 0 Å². The van der Waals surface area contributed by atoms with Crippen molar-refractivity contribution in [2.75, 3.05) is 5.32 Å². The maximum Gasteiger partial charge on any atom is 0.244 e. The van der Waals surface area contributed by atoms with Crippen LogP contribution < -0.4 is 10.7 Å². The molecule has 1 heterocycles. The molecule has 0 unspecified atom stereocenters. The number of para-hydroxylation sites is 1. The summed E-state index contributed by atoms with van der Waals surface area (Å²) in [6.45, 7) is 5.73. The summed E-state index contributed by atoms with van der Waals surface area (Å²) in [5.41, 5.74) is 4.40. The summed E-state index contributed by atoms with van der Waals surface area (Å²) in [5.74, 6) is -0.593. The summed E-state index contributed by atoms with van der Waals surface area (Å²) in [6.07, 6.45) is 1.50. The number of hydrogen-bond acceptors (Lipinski definition) is 3. The minimum absolute atomic E-state index is 0.0254. The molecular weight excluding hydrogens is 400 g/mol. The number of aromatic nitrogens is 1. The number of aryl methyl sites for hydroxylation is 3. The van der Waals surface area contributed by atoms with Crippen molar-refractivity contribution >= 4 is 28.3 Å². The van der Waals surface area contributed by atoms with Crippen LogP contribution >= 0.6 is 0 Å². The molecule has 3 aromatic carbocycles. The smallest absolute Gasteiger partial charge is 0.244 e. The lowest BCUT2D eigenvalue weighted by Crippen LogP contribution is -2.24. The van der Waals surface area contributed by atoms with Crippen LogP contribution in [0, 0.1) is 20.8 Å². The van der Waals surface area contributed by atoms with E-state index in [1.54, 1.807) is 22.8 Å². The molecule has 5 nitrogen and oxygen atoms in total. The van der Waals surface area contributed by atoms with Crippen LogP contribution in [0.3, 0.4) is 0 Å². The molecule has 0 spiro atoms. The van der Waals surface area contributed by atoms with Gasteiger partial charge >= 0.3 is 0 Å². The lowest BCUT2D eigenvalue weighted by Gasteiger charge is -2.14. The predicted octanol–water partition coefficient (Wildman–Crippen LogP) is 4.80. The van der Waals surface area contributed by atoms with Gasteiger partial charge in [0, 0.05) is 22.8 Å². The van der Waals surface area contributed by atoms with Crippen molar-refractivity contribution < 1.29 is 9.59 Å². The molecule has 160 valence electrons. The molecule has 0 bridgehead atoms. The third-order valence-electron chi connectivity index (χ3n) is 5.53. The van der Waals surface area contributed by atoms with E-state index in [0.717, 1.165) is 22.4 Å². The fraction of sp³-hybridized carbons (Fsp3) is 0.148.